The zero-order valence-corrected chi connectivity index (χ0v) is 24.0. The van der Waals surface area contributed by atoms with Crippen molar-refractivity contribution in [2.24, 2.45) is 0 Å². The van der Waals surface area contributed by atoms with Crippen LogP contribution in [0.3, 0.4) is 0 Å². The van der Waals surface area contributed by atoms with Crippen molar-refractivity contribution in [1.29, 1.82) is 0 Å². The van der Waals surface area contributed by atoms with E-state index in [9.17, 15) is 4.79 Å². The number of methoxy groups -OCH3 is 3. The fraction of sp³-hybridized carbons (Fsp3) is 0.536. The van der Waals surface area contributed by atoms with Crippen LogP contribution in [0.2, 0.25) is 0 Å². The van der Waals surface area contributed by atoms with E-state index in [2.05, 4.69) is 11.8 Å². The monoisotopic (exact) mass is 519 g/mol. The predicted molar refractivity (Wildman–Crippen MR) is 146 cm³/mol. The minimum absolute atomic E-state index is 0.194. The lowest BCUT2D eigenvalue weighted by molar-refractivity contribution is -0.134. The lowest BCUT2D eigenvalue weighted by atomic mass is 10.1. The molecule has 36 heavy (non-hydrogen) atoms. The molecular formula is C28H41NO6S. The van der Waals surface area contributed by atoms with Crippen LogP contribution in [0.4, 0.5) is 0 Å². The summed E-state index contributed by atoms with van der Waals surface area (Å²) in [5, 5.41) is 0. The van der Waals surface area contributed by atoms with Crippen LogP contribution in [0.1, 0.15) is 44.7 Å². The van der Waals surface area contributed by atoms with Crippen LogP contribution in [0.15, 0.2) is 29.2 Å². The van der Waals surface area contributed by atoms with E-state index >= 15 is 0 Å². The smallest absolute Gasteiger partial charge is 0.312 e. The topological polar surface area (TPSA) is 66.5 Å². The van der Waals surface area contributed by atoms with Crippen LogP contribution in [-0.2, 0) is 11.2 Å². The van der Waals surface area contributed by atoms with Gasteiger partial charge in [0, 0.05) is 23.4 Å². The highest BCUT2D eigenvalue weighted by Gasteiger charge is 2.29. The second kappa shape index (κ2) is 13.7. The largest absolute Gasteiger partial charge is 0.496 e. The molecule has 0 atom stereocenters. The van der Waals surface area contributed by atoms with Crippen LogP contribution in [0.5, 0.6) is 28.7 Å². The molecule has 0 spiro atoms. The summed E-state index contributed by atoms with van der Waals surface area (Å²) >= 11 is 1.51. The number of rotatable bonds is 14. The van der Waals surface area contributed by atoms with Gasteiger partial charge in [-0.15, -0.1) is 11.8 Å². The molecule has 0 aliphatic carbocycles. The van der Waals surface area contributed by atoms with Crippen LogP contribution in [0.25, 0.3) is 0 Å². The molecular weight excluding hydrogens is 478 g/mol. The second-order valence-electron chi connectivity index (χ2n) is 9.50. The molecule has 0 saturated heterocycles. The van der Waals surface area contributed by atoms with Gasteiger partial charge < -0.3 is 28.6 Å². The molecule has 2 aromatic carbocycles. The summed E-state index contributed by atoms with van der Waals surface area (Å²) in [6.45, 7) is 9.49. The second-order valence-corrected chi connectivity index (χ2v) is 11.2. The molecule has 0 aliphatic heterocycles. The number of aryl methyl sites for hydroxylation is 2. The summed E-state index contributed by atoms with van der Waals surface area (Å²) in [6, 6.07) is 7.52. The zero-order chi connectivity index (χ0) is 26.9. The molecule has 0 fully saturated rings. The Morgan fingerprint density at radius 2 is 1.58 bits per heavy atom. The quantitative estimate of drug-likeness (QED) is 0.177. The first-order valence-electron chi connectivity index (χ1n) is 12.1. The van der Waals surface area contributed by atoms with Gasteiger partial charge in [0.25, 0.3) is 0 Å². The maximum atomic E-state index is 13.0. The number of likely N-dealkylation sites (N-methyl/N-ethyl adjacent to an activating group) is 1. The third-order valence-electron chi connectivity index (χ3n) is 5.52. The molecule has 0 radical (unpaired) electrons. The van der Waals surface area contributed by atoms with E-state index in [4.69, 9.17) is 23.7 Å². The van der Waals surface area contributed by atoms with E-state index in [1.807, 2.05) is 47.0 Å². The third-order valence-corrected chi connectivity index (χ3v) is 6.82. The molecule has 0 aliphatic rings. The van der Waals surface area contributed by atoms with Crippen molar-refractivity contribution in [3.05, 3.63) is 35.4 Å². The molecule has 0 bridgehead atoms. The van der Waals surface area contributed by atoms with E-state index < -0.39 is 4.75 Å². The molecule has 200 valence electrons. The van der Waals surface area contributed by atoms with E-state index in [0.717, 1.165) is 41.2 Å². The maximum Gasteiger partial charge on any atom is 0.312 e. The van der Waals surface area contributed by atoms with Gasteiger partial charge in [0.05, 0.1) is 32.6 Å². The van der Waals surface area contributed by atoms with Crippen molar-refractivity contribution in [2.75, 3.05) is 48.6 Å². The summed E-state index contributed by atoms with van der Waals surface area (Å²) < 4.78 is 27.9. The molecule has 2 aromatic rings. The molecule has 7 nitrogen and oxygen atoms in total. The van der Waals surface area contributed by atoms with Crippen molar-refractivity contribution >= 4 is 17.7 Å². The molecule has 0 heterocycles. The van der Waals surface area contributed by atoms with Gasteiger partial charge in [-0.3, -0.25) is 4.79 Å². The molecule has 8 heteroatoms. The Labute approximate surface area is 220 Å². The Hall–Kier alpha value is -2.58. The van der Waals surface area contributed by atoms with Gasteiger partial charge in [0.15, 0.2) is 0 Å². The van der Waals surface area contributed by atoms with Crippen LogP contribution >= 0.6 is 11.8 Å². The summed E-state index contributed by atoms with van der Waals surface area (Å²) in [5.74, 6) is 3.02. The molecule has 0 saturated carbocycles. The summed E-state index contributed by atoms with van der Waals surface area (Å²) in [7, 11) is 8.83. The van der Waals surface area contributed by atoms with Gasteiger partial charge >= 0.3 is 5.97 Å². The normalized spacial score (nSPS) is 11.4. The van der Waals surface area contributed by atoms with Gasteiger partial charge in [0.2, 0.25) is 0 Å². The number of carbonyl (C=O) groups excluding carboxylic acids is 1. The standard InChI is InChI=1S/C28H41NO6S/c1-10-11-20-15-22(19(2)14-23(20)34-13-12-29(5)6)35-26(30)18-28(3,4)36-27-24(32-8)16-21(31-7)17-25(27)33-9/h14-17H,10-13,18H2,1-9H3. The Kier molecular flexibility index (Phi) is 11.2. The first-order valence-corrected chi connectivity index (χ1v) is 13.0. The number of carbonyl (C=O) groups is 1. The summed E-state index contributed by atoms with van der Waals surface area (Å²) in [4.78, 5) is 15.9. The Balaban J connectivity index is 2.18. The van der Waals surface area contributed by atoms with Gasteiger partial charge in [-0.05, 0) is 64.5 Å². The average Bonchev–Trinajstić information content (AvgIpc) is 2.81. The Bertz CT molecular complexity index is 996. The fourth-order valence-corrected chi connectivity index (χ4v) is 4.87. The van der Waals surface area contributed by atoms with E-state index in [0.29, 0.717) is 29.6 Å². The lowest BCUT2D eigenvalue weighted by Gasteiger charge is -2.25. The number of hydrogen-bond donors (Lipinski definition) is 0. The van der Waals surface area contributed by atoms with Gasteiger partial charge in [0.1, 0.15) is 35.4 Å². The van der Waals surface area contributed by atoms with E-state index in [-0.39, 0.29) is 12.4 Å². The number of thioether (sulfide) groups is 1. The number of esters is 1. The van der Waals surface area contributed by atoms with E-state index in [1.165, 1.54) is 11.8 Å². The third kappa shape index (κ3) is 8.52. The minimum Gasteiger partial charge on any atom is -0.496 e. The molecule has 0 N–H and O–H groups in total. The van der Waals surface area contributed by atoms with Gasteiger partial charge in [-0.25, -0.2) is 0 Å². The Morgan fingerprint density at radius 1 is 0.944 bits per heavy atom. The van der Waals surface area contributed by atoms with Gasteiger partial charge in [-0.1, -0.05) is 13.3 Å². The number of nitrogens with zero attached hydrogens (tertiary/aromatic N) is 1. The zero-order valence-electron chi connectivity index (χ0n) is 23.1. The highest BCUT2D eigenvalue weighted by Crippen LogP contribution is 2.47. The average molecular weight is 520 g/mol. The lowest BCUT2D eigenvalue weighted by Crippen LogP contribution is -2.24. The van der Waals surface area contributed by atoms with Crippen molar-refractivity contribution in [3.63, 3.8) is 0 Å². The number of hydrogen-bond acceptors (Lipinski definition) is 8. The van der Waals surface area contributed by atoms with Crippen molar-refractivity contribution in [3.8, 4) is 28.7 Å². The first kappa shape index (κ1) is 29.6. The SMILES string of the molecule is CCCc1cc(OC(=O)CC(C)(C)Sc2c(OC)cc(OC)cc2OC)c(C)cc1OCCN(C)C. The van der Waals surface area contributed by atoms with Crippen LogP contribution in [0, 0.1) is 6.92 Å². The van der Waals surface area contributed by atoms with E-state index in [1.54, 1.807) is 33.5 Å². The highest BCUT2D eigenvalue weighted by molar-refractivity contribution is 8.00. The highest BCUT2D eigenvalue weighted by atomic mass is 32.2. The molecule has 0 amide bonds. The maximum absolute atomic E-state index is 13.0. The number of ether oxygens (including phenoxy) is 5. The Morgan fingerprint density at radius 3 is 2.11 bits per heavy atom. The molecule has 2 rings (SSSR count). The van der Waals surface area contributed by atoms with Crippen molar-refractivity contribution in [2.45, 2.75) is 56.6 Å². The summed E-state index contributed by atoms with van der Waals surface area (Å²) in [6.07, 6.45) is 2.01. The van der Waals surface area contributed by atoms with Gasteiger partial charge in [-0.2, -0.15) is 0 Å². The van der Waals surface area contributed by atoms with Crippen LogP contribution < -0.4 is 23.7 Å². The molecule has 0 aromatic heterocycles. The van der Waals surface area contributed by atoms with Crippen molar-refractivity contribution in [1.82, 2.24) is 4.90 Å². The van der Waals surface area contributed by atoms with Crippen molar-refractivity contribution < 1.29 is 28.5 Å². The number of benzene rings is 2. The minimum atomic E-state index is -0.485. The van der Waals surface area contributed by atoms with Crippen LogP contribution in [-0.4, -0.2) is 64.2 Å². The fourth-order valence-electron chi connectivity index (χ4n) is 3.64. The molecule has 0 unspecified atom stereocenters. The summed E-state index contributed by atoms with van der Waals surface area (Å²) in [5.41, 5.74) is 1.91. The predicted octanol–water partition coefficient (Wildman–Crippen LogP) is 5.78. The first-order chi connectivity index (χ1) is 17.0.